The molecule has 2 atom stereocenters. The third-order valence-electron chi connectivity index (χ3n) is 1.81. The molecule has 0 aromatic heterocycles. The number of hydrogen-bond acceptors (Lipinski definition) is 4. The summed E-state index contributed by atoms with van der Waals surface area (Å²) in [4.78, 5) is 4.09. The fourth-order valence-electron chi connectivity index (χ4n) is 0.942. The van der Waals surface area contributed by atoms with Crippen molar-refractivity contribution in [3.8, 4) is 0 Å². The van der Waals surface area contributed by atoms with Crippen LogP contribution in [0.3, 0.4) is 0 Å². The summed E-state index contributed by atoms with van der Waals surface area (Å²) >= 11 is 0. The first-order chi connectivity index (χ1) is 6.26. The zero-order valence-electron chi connectivity index (χ0n) is 8.18. The summed E-state index contributed by atoms with van der Waals surface area (Å²) in [5, 5.41) is 8.89. The Morgan fingerprint density at radius 2 is 2.31 bits per heavy atom. The lowest BCUT2D eigenvalue weighted by atomic mass is 10.1. The van der Waals surface area contributed by atoms with E-state index >= 15 is 0 Å². The van der Waals surface area contributed by atoms with Crippen LogP contribution in [0.1, 0.15) is 6.92 Å². The van der Waals surface area contributed by atoms with E-state index in [9.17, 15) is 0 Å². The molecule has 4 heteroatoms. The van der Waals surface area contributed by atoms with E-state index in [1.54, 1.807) is 19.4 Å². The summed E-state index contributed by atoms with van der Waals surface area (Å²) in [6, 6.07) is 0. The zero-order chi connectivity index (χ0) is 10.1. The monoisotopic (exact) mass is 186 g/mol. The number of allylic oxidation sites excluding steroid dienone is 1. The Balaban J connectivity index is 3.77. The highest BCUT2D eigenvalue weighted by atomic mass is 16.5. The summed E-state index contributed by atoms with van der Waals surface area (Å²) in [5.74, 6) is 0.206. The normalized spacial score (nSPS) is 16.8. The number of aliphatic imine (C=N–C) groups is 1. The quantitative estimate of drug-likeness (QED) is 0.581. The summed E-state index contributed by atoms with van der Waals surface area (Å²) in [6.45, 7) is 2.64. The summed E-state index contributed by atoms with van der Waals surface area (Å²) in [6.07, 6.45) is 4.58. The largest absolute Gasteiger partial charge is 0.405 e. The number of aliphatic hydroxyl groups is 1. The number of rotatable bonds is 6. The molecule has 0 spiro atoms. The molecule has 0 heterocycles. The van der Waals surface area contributed by atoms with E-state index in [4.69, 9.17) is 15.6 Å². The van der Waals surface area contributed by atoms with Gasteiger partial charge in [-0.15, -0.1) is 0 Å². The van der Waals surface area contributed by atoms with Gasteiger partial charge in [-0.1, -0.05) is 6.92 Å². The number of methoxy groups -OCH3 is 1. The van der Waals surface area contributed by atoms with Gasteiger partial charge in [0.05, 0.1) is 12.7 Å². The number of nitrogens with zero attached hydrogens (tertiary/aromatic N) is 1. The minimum Gasteiger partial charge on any atom is -0.405 e. The van der Waals surface area contributed by atoms with Gasteiger partial charge in [-0.2, -0.15) is 0 Å². The average molecular weight is 186 g/mol. The highest BCUT2D eigenvalue weighted by Gasteiger charge is 2.14. The third kappa shape index (κ3) is 5.38. The first kappa shape index (κ1) is 12.1. The van der Waals surface area contributed by atoms with Crippen molar-refractivity contribution < 1.29 is 9.84 Å². The molecular formula is C9H18N2O2. The Morgan fingerprint density at radius 1 is 1.62 bits per heavy atom. The van der Waals surface area contributed by atoms with Crippen molar-refractivity contribution in [2.45, 2.75) is 13.0 Å². The van der Waals surface area contributed by atoms with Gasteiger partial charge in [0.2, 0.25) is 0 Å². The standard InChI is InChI=1S/C9H18N2O2/c1-8(9(7-12)13-2)6-11-5-3-4-10/h3-5,8-9,12H,6-7,10H2,1-2H3/t8-,9-/m1/s1. The third-order valence-corrected chi connectivity index (χ3v) is 1.81. The Morgan fingerprint density at radius 3 is 2.77 bits per heavy atom. The number of nitrogens with two attached hydrogens (primary N) is 1. The van der Waals surface area contributed by atoms with E-state index in [2.05, 4.69) is 4.99 Å². The van der Waals surface area contributed by atoms with Crippen molar-refractivity contribution in [3.05, 3.63) is 12.3 Å². The Bertz CT molecular complexity index is 165. The molecule has 13 heavy (non-hydrogen) atoms. The van der Waals surface area contributed by atoms with Crippen molar-refractivity contribution in [2.24, 2.45) is 16.6 Å². The maximum absolute atomic E-state index is 8.89. The molecule has 0 saturated carbocycles. The van der Waals surface area contributed by atoms with Crippen LogP contribution >= 0.6 is 0 Å². The van der Waals surface area contributed by atoms with Gasteiger partial charge in [0, 0.05) is 25.8 Å². The fourth-order valence-corrected chi connectivity index (χ4v) is 0.942. The highest BCUT2D eigenvalue weighted by molar-refractivity contribution is 5.70. The topological polar surface area (TPSA) is 67.8 Å². The molecule has 0 bridgehead atoms. The van der Waals surface area contributed by atoms with E-state index in [0.717, 1.165) is 0 Å². The molecule has 0 aromatic carbocycles. The van der Waals surface area contributed by atoms with Crippen LogP contribution in [0.4, 0.5) is 0 Å². The Kier molecular flexibility index (Phi) is 7.24. The Hall–Kier alpha value is -0.870. The fraction of sp³-hybridized carbons (Fsp3) is 0.667. The molecule has 0 radical (unpaired) electrons. The molecule has 0 fully saturated rings. The molecule has 0 amide bonds. The second-order valence-electron chi connectivity index (χ2n) is 2.83. The second-order valence-corrected chi connectivity index (χ2v) is 2.83. The Labute approximate surface area is 79.1 Å². The van der Waals surface area contributed by atoms with Crippen LogP contribution in [-0.2, 0) is 4.74 Å². The molecular weight excluding hydrogens is 168 g/mol. The van der Waals surface area contributed by atoms with E-state index in [1.165, 1.54) is 6.20 Å². The van der Waals surface area contributed by atoms with E-state index in [0.29, 0.717) is 6.54 Å². The van der Waals surface area contributed by atoms with E-state index in [-0.39, 0.29) is 18.6 Å². The lowest BCUT2D eigenvalue weighted by Gasteiger charge is -2.18. The molecule has 0 aliphatic carbocycles. The van der Waals surface area contributed by atoms with Crippen molar-refractivity contribution >= 4 is 6.21 Å². The second kappa shape index (κ2) is 7.76. The van der Waals surface area contributed by atoms with Gasteiger partial charge in [0.15, 0.2) is 0 Å². The highest BCUT2D eigenvalue weighted by Crippen LogP contribution is 2.05. The van der Waals surface area contributed by atoms with Crippen LogP contribution < -0.4 is 5.73 Å². The van der Waals surface area contributed by atoms with Gasteiger partial charge >= 0.3 is 0 Å². The van der Waals surface area contributed by atoms with Gasteiger partial charge in [-0.3, -0.25) is 4.99 Å². The van der Waals surface area contributed by atoms with Gasteiger partial charge in [-0.05, 0) is 12.3 Å². The molecule has 0 rings (SSSR count). The lowest BCUT2D eigenvalue weighted by Crippen LogP contribution is -2.26. The first-order valence-corrected chi connectivity index (χ1v) is 4.26. The minimum absolute atomic E-state index is 0.0277. The molecule has 0 saturated heterocycles. The predicted molar refractivity (Wildman–Crippen MR) is 53.7 cm³/mol. The number of hydrogen-bond donors (Lipinski definition) is 2. The van der Waals surface area contributed by atoms with Crippen LogP contribution in [0.15, 0.2) is 17.3 Å². The predicted octanol–water partition coefficient (Wildman–Crippen LogP) is 0.173. The maximum atomic E-state index is 8.89. The maximum Gasteiger partial charge on any atom is 0.0845 e. The van der Waals surface area contributed by atoms with Gasteiger partial charge in [0.25, 0.3) is 0 Å². The van der Waals surface area contributed by atoms with Gasteiger partial charge in [0.1, 0.15) is 0 Å². The minimum atomic E-state index is -0.140. The molecule has 0 aliphatic rings. The summed E-state index contributed by atoms with van der Waals surface area (Å²) in [7, 11) is 1.58. The van der Waals surface area contributed by atoms with Crippen LogP contribution in [0, 0.1) is 5.92 Å². The van der Waals surface area contributed by atoms with Crippen molar-refractivity contribution in [1.82, 2.24) is 0 Å². The molecule has 4 nitrogen and oxygen atoms in total. The SMILES string of the molecule is CO[C@H](CO)[C@H](C)CN=CC=CN. The summed E-state index contributed by atoms with van der Waals surface area (Å²) < 4.78 is 5.05. The molecule has 0 aliphatic heterocycles. The van der Waals surface area contributed by atoms with Crippen molar-refractivity contribution in [3.63, 3.8) is 0 Å². The average Bonchev–Trinajstić information content (AvgIpc) is 2.14. The lowest BCUT2D eigenvalue weighted by molar-refractivity contribution is 0.0156. The van der Waals surface area contributed by atoms with Crippen molar-refractivity contribution in [1.29, 1.82) is 0 Å². The summed E-state index contributed by atoms with van der Waals surface area (Å²) in [5.41, 5.74) is 5.12. The molecule has 0 unspecified atom stereocenters. The smallest absolute Gasteiger partial charge is 0.0845 e. The number of ether oxygens (including phenoxy) is 1. The zero-order valence-corrected chi connectivity index (χ0v) is 8.18. The molecule has 3 N–H and O–H groups in total. The van der Waals surface area contributed by atoms with Crippen LogP contribution in [-0.4, -0.2) is 37.7 Å². The van der Waals surface area contributed by atoms with Gasteiger partial charge in [-0.25, -0.2) is 0 Å². The van der Waals surface area contributed by atoms with Crippen LogP contribution in [0.2, 0.25) is 0 Å². The van der Waals surface area contributed by atoms with Crippen LogP contribution in [0.5, 0.6) is 0 Å². The van der Waals surface area contributed by atoms with E-state index < -0.39 is 0 Å². The molecule has 76 valence electrons. The van der Waals surface area contributed by atoms with Crippen LogP contribution in [0.25, 0.3) is 0 Å². The molecule has 0 aromatic rings. The van der Waals surface area contributed by atoms with Crippen molar-refractivity contribution in [2.75, 3.05) is 20.3 Å². The van der Waals surface area contributed by atoms with E-state index in [1.807, 2.05) is 6.92 Å². The van der Waals surface area contributed by atoms with Gasteiger partial charge < -0.3 is 15.6 Å². The number of aliphatic hydroxyl groups excluding tert-OH is 1. The first-order valence-electron chi connectivity index (χ1n) is 4.26.